The monoisotopic (exact) mass is 850 g/mol. The lowest BCUT2D eigenvalue weighted by Gasteiger charge is -2.22. The van der Waals surface area contributed by atoms with Gasteiger partial charge in [-0.15, -0.1) is 0 Å². The average Bonchev–Trinajstić information content (AvgIpc) is 4.16. The number of fused-ring (bicyclic) bond motifs is 2. The summed E-state index contributed by atoms with van der Waals surface area (Å²) in [5, 5.41) is 9.49. The van der Waals surface area contributed by atoms with Gasteiger partial charge in [0.2, 0.25) is 0 Å². The van der Waals surface area contributed by atoms with E-state index in [0.717, 1.165) is 120 Å². The number of hydrogen-bond donors (Lipinski definition) is 0. The predicted molar refractivity (Wildman–Crippen MR) is 252 cm³/mol. The van der Waals surface area contributed by atoms with E-state index in [0.29, 0.717) is 11.8 Å². The summed E-state index contributed by atoms with van der Waals surface area (Å²) in [7, 11) is 3.38. The zero-order chi connectivity index (χ0) is 43.8. The van der Waals surface area contributed by atoms with Crippen LogP contribution in [0.5, 0.6) is 11.5 Å². The molecule has 0 aliphatic carbocycles. The molecule has 324 valence electrons. The fourth-order valence-corrected chi connectivity index (χ4v) is 8.71. The van der Waals surface area contributed by atoms with Crippen LogP contribution in [0.4, 0.5) is 0 Å². The molecule has 4 aromatic carbocycles. The molecule has 0 saturated carbocycles. The van der Waals surface area contributed by atoms with Crippen molar-refractivity contribution in [2.45, 2.75) is 77.3 Å². The van der Waals surface area contributed by atoms with Gasteiger partial charge in [0.25, 0.3) is 0 Å². The van der Waals surface area contributed by atoms with Gasteiger partial charge in [-0.3, -0.25) is 0 Å². The van der Waals surface area contributed by atoms with Crippen LogP contribution in [0.3, 0.4) is 0 Å². The first-order valence-corrected chi connectivity index (χ1v) is 22.1. The number of methoxy groups -OCH3 is 2. The third-order valence-corrected chi connectivity index (χ3v) is 11.9. The molecule has 12 heteroatoms. The molecule has 0 radical (unpaired) electrons. The largest absolute Gasteiger partial charge is 0.495 e. The second kappa shape index (κ2) is 19.4. The van der Waals surface area contributed by atoms with Crippen LogP contribution >= 0.6 is 0 Å². The maximum atomic E-state index is 5.62. The standard InChI is InChI=1S/2C26H27N5O/c2*1-19-17-30(18-27-19)23-12-10-21(16-24(23)32-2)11-13-25-28-26-22(9-6-14-31(26)29-25)15-20-7-4-3-5-8-20/h2*3-5,7-8,10-13,16-18,22H,6,9,14-15H2,1-2H3/b2*13-11+/t2*22-/m10/s1. The van der Waals surface area contributed by atoms with Crippen molar-refractivity contribution in [2.24, 2.45) is 0 Å². The van der Waals surface area contributed by atoms with E-state index in [9.17, 15) is 0 Å². The van der Waals surface area contributed by atoms with Crippen molar-refractivity contribution >= 4 is 24.3 Å². The first-order chi connectivity index (χ1) is 31.4. The van der Waals surface area contributed by atoms with E-state index >= 15 is 0 Å². The van der Waals surface area contributed by atoms with E-state index in [4.69, 9.17) is 29.6 Å². The number of imidazole rings is 2. The molecule has 0 unspecified atom stereocenters. The van der Waals surface area contributed by atoms with Crippen LogP contribution in [-0.2, 0) is 25.9 Å². The Kier molecular flexibility index (Phi) is 12.7. The molecule has 0 saturated heterocycles. The van der Waals surface area contributed by atoms with Crippen molar-refractivity contribution in [1.29, 1.82) is 0 Å². The summed E-state index contributed by atoms with van der Waals surface area (Å²) in [4.78, 5) is 18.4. The van der Waals surface area contributed by atoms with Crippen LogP contribution in [0.1, 0.15) is 94.5 Å². The fraction of sp³-hybridized carbons (Fsp3) is 0.269. The molecular weight excluding hydrogens is 797 g/mol. The summed E-state index contributed by atoms with van der Waals surface area (Å²) in [5.41, 5.74) is 8.65. The summed E-state index contributed by atoms with van der Waals surface area (Å²) in [6.07, 6.45) is 22.2. The molecule has 0 N–H and O–H groups in total. The number of ether oxygens (including phenoxy) is 2. The van der Waals surface area contributed by atoms with Crippen molar-refractivity contribution in [3.63, 3.8) is 0 Å². The highest BCUT2D eigenvalue weighted by atomic mass is 16.5. The van der Waals surface area contributed by atoms with E-state index in [1.807, 2.05) is 83.9 Å². The molecule has 0 amide bonds. The molecule has 2 aliphatic heterocycles. The van der Waals surface area contributed by atoms with Gasteiger partial charge in [-0.05, 0) is 111 Å². The molecule has 0 bridgehead atoms. The maximum Gasteiger partial charge on any atom is 0.174 e. The number of nitrogens with zero attached hydrogens (tertiary/aromatic N) is 10. The summed E-state index contributed by atoms with van der Waals surface area (Å²) in [6, 6.07) is 33.6. The van der Waals surface area contributed by atoms with Gasteiger partial charge in [-0.2, -0.15) is 10.2 Å². The first-order valence-electron chi connectivity index (χ1n) is 22.1. The molecule has 0 fully saturated rings. The van der Waals surface area contributed by atoms with Crippen molar-refractivity contribution in [2.75, 3.05) is 14.2 Å². The minimum Gasteiger partial charge on any atom is -0.495 e. The highest BCUT2D eigenvalue weighted by Gasteiger charge is 2.25. The molecule has 2 atom stereocenters. The predicted octanol–water partition coefficient (Wildman–Crippen LogP) is 10.1. The van der Waals surface area contributed by atoms with E-state index in [1.165, 1.54) is 11.1 Å². The fourth-order valence-electron chi connectivity index (χ4n) is 8.71. The number of hydrogen-bond acceptors (Lipinski definition) is 8. The Balaban J connectivity index is 0.000000162. The average molecular weight is 851 g/mol. The zero-order valence-electron chi connectivity index (χ0n) is 37.0. The molecule has 8 aromatic rings. The Morgan fingerprint density at radius 2 is 1.00 bits per heavy atom. The summed E-state index contributed by atoms with van der Waals surface area (Å²) in [6.45, 7) is 5.83. The van der Waals surface area contributed by atoms with Crippen molar-refractivity contribution in [1.82, 2.24) is 48.6 Å². The van der Waals surface area contributed by atoms with Crippen LogP contribution in [0, 0.1) is 13.8 Å². The SMILES string of the molecule is COc1cc(/C=C/c2nc3n(n2)CCC[C@@H]3Cc2ccccc2)ccc1-n1cnc(C)c1.COc1cc(/C=C/c2nc3n(n2)CCC[C@H]3Cc2ccccc2)ccc1-n1cnc(C)c1. The quantitative estimate of drug-likeness (QED) is 0.119. The number of aromatic nitrogens is 10. The van der Waals surface area contributed by atoms with Gasteiger partial charge in [0.05, 0.1) is 49.6 Å². The Morgan fingerprint density at radius 3 is 1.39 bits per heavy atom. The lowest BCUT2D eigenvalue weighted by Crippen LogP contribution is -2.18. The third-order valence-electron chi connectivity index (χ3n) is 11.9. The topological polar surface area (TPSA) is 116 Å². The second-order valence-corrected chi connectivity index (χ2v) is 16.5. The lowest BCUT2D eigenvalue weighted by atomic mass is 9.92. The van der Waals surface area contributed by atoms with E-state index in [-0.39, 0.29) is 0 Å². The number of benzene rings is 4. The van der Waals surface area contributed by atoms with Gasteiger partial charge < -0.3 is 18.6 Å². The zero-order valence-corrected chi connectivity index (χ0v) is 37.0. The van der Waals surface area contributed by atoms with Crippen molar-refractivity contribution in [3.8, 4) is 22.9 Å². The second-order valence-electron chi connectivity index (χ2n) is 16.5. The van der Waals surface area contributed by atoms with Crippen molar-refractivity contribution < 1.29 is 9.47 Å². The van der Waals surface area contributed by atoms with Crippen LogP contribution in [0.2, 0.25) is 0 Å². The van der Waals surface area contributed by atoms with Crippen LogP contribution < -0.4 is 9.47 Å². The molecule has 0 spiro atoms. The molecular formula is C52H54N10O2. The molecule has 12 nitrogen and oxygen atoms in total. The smallest absolute Gasteiger partial charge is 0.174 e. The van der Waals surface area contributed by atoms with Gasteiger partial charge in [0.1, 0.15) is 23.1 Å². The van der Waals surface area contributed by atoms with E-state index in [1.54, 1.807) is 26.9 Å². The Morgan fingerprint density at radius 1 is 0.562 bits per heavy atom. The molecule has 64 heavy (non-hydrogen) atoms. The number of rotatable bonds is 12. The summed E-state index contributed by atoms with van der Waals surface area (Å²) >= 11 is 0. The summed E-state index contributed by atoms with van der Waals surface area (Å²) in [5.74, 6) is 6.14. The molecule has 4 aromatic heterocycles. The normalized spacial score (nSPS) is 15.8. The van der Waals surface area contributed by atoms with Gasteiger partial charge in [0.15, 0.2) is 11.6 Å². The van der Waals surface area contributed by atoms with Crippen LogP contribution in [0.15, 0.2) is 122 Å². The maximum absolute atomic E-state index is 5.62. The van der Waals surface area contributed by atoms with E-state index in [2.05, 4.69) is 92.1 Å². The van der Waals surface area contributed by atoms with Crippen molar-refractivity contribution in [3.05, 3.63) is 179 Å². The lowest BCUT2D eigenvalue weighted by molar-refractivity contribution is 0.412. The Bertz CT molecular complexity index is 2670. The molecule has 2 aliphatic rings. The van der Waals surface area contributed by atoms with Gasteiger partial charge in [-0.25, -0.2) is 29.3 Å². The van der Waals surface area contributed by atoms with Crippen LogP contribution in [-0.4, -0.2) is 62.9 Å². The van der Waals surface area contributed by atoms with E-state index < -0.39 is 0 Å². The first kappa shape index (κ1) is 42.0. The highest BCUT2D eigenvalue weighted by molar-refractivity contribution is 5.70. The third kappa shape index (κ3) is 9.81. The van der Waals surface area contributed by atoms with Gasteiger partial charge >= 0.3 is 0 Å². The number of aryl methyl sites for hydroxylation is 4. The van der Waals surface area contributed by atoms with Gasteiger partial charge in [0, 0.05) is 37.3 Å². The van der Waals surface area contributed by atoms with Gasteiger partial charge in [-0.1, -0.05) is 84.9 Å². The Labute approximate surface area is 374 Å². The van der Waals surface area contributed by atoms with Crippen LogP contribution in [0.25, 0.3) is 35.7 Å². The summed E-state index contributed by atoms with van der Waals surface area (Å²) < 4.78 is 19.4. The molecule has 10 rings (SSSR count). The molecule has 6 heterocycles. The minimum atomic E-state index is 0.416. The highest BCUT2D eigenvalue weighted by Crippen LogP contribution is 2.32. The minimum absolute atomic E-state index is 0.416. The Hall–Kier alpha value is -7.34.